The zero-order chi connectivity index (χ0) is 33.0. The molecule has 1 amide bonds. The number of pyridine rings is 2. The van der Waals surface area contributed by atoms with Crippen molar-refractivity contribution < 1.29 is 23.4 Å². The van der Waals surface area contributed by atoms with Gasteiger partial charge in [0.25, 0.3) is 5.56 Å². The fourth-order valence-electron chi connectivity index (χ4n) is 6.50. The van der Waals surface area contributed by atoms with E-state index in [1.54, 1.807) is 30.2 Å². The molecule has 0 spiro atoms. The number of nitrogens with one attached hydrogen (secondary N) is 1. The number of ether oxygens (including phenoxy) is 1. The fourth-order valence-corrected chi connectivity index (χ4v) is 6.76. The van der Waals surface area contributed by atoms with E-state index in [-0.39, 0.29) is 64.6 Å². The Morgan fingerprint density at radius 3 is 2.65 bits per heavy atom. The normalized spacial score (nSPS) is 18.1. The minimum atomic E-state index is -1.09. The third kappa shape index (κ3) is 5.03. The number of piperazine rings is 1. The maximum Gasteiger partial charge on any atom is 0.281 e. The lowest BCUT2D eigenvalue weighted by Crippen LogP contribution is -2.63. The Bertz CT molecular complexity index is 1940. The highest BCUT2D eigenvalue weighted by molar-refractivity contribution is 6.33. The average Bonchev–Trinajstić information content (AvgIpc) is 3.00. The van der Waals surface area contributed by atoms with Gasteiger partial charge in [-0.2, -0.15) is 0 Å². The summed E-state index contributed by atoms with van der Waals surface area (Å²) in [6, 6.07) is 6.10. The summed E-state index contributed by atoms with van der Waals surface area (Å²) in [6.45, 7) is 12.3. The van der Waals surface area contributed by atoms with Crippen LogP contribution < -0.4 is 15.8 Å². The SMILES string of the molecule is C=CCOCN1CC2C(=O)Nc3c(c4cc(F)c(-c5c(O)cccc5Cl)c(F)c4n(-c4c(C)ccnc4C(C)C)c3=O)N2CC1C. The molecule has 2 aliphatic rings. The van der Waals surface area contributed by atoms with E-state index < -0.39 is 40.5 Å². The summed E-state index contributed by atoms with van der Waals surface area (Å²) in [4.78, 5) is 36.5. The summed E-state index contributed by atoms with van der Waals surface area (Å²) in [5.41, 5.74) is -0.145. The molecular formula is C34H34ClF2N5O4. The highest BCUT2D eigenvalue weighted by atomic mass is 35.5. The van der Waals surface area contributed by atoms with E-state index in [0.717, 1.165) is 6.07 Å². The van der Waals surface area contributed by atoms with Crippen LogP contribution in [0.5, 0.6) is 5.75 Å². The van der Waals surface area contributed by atoms with E-state index >= 15 is 8.78 Å². The Kier molecular flexibility index (Phi) is 8.34. The van der Waals surface area contributed by atoms with Gasteiger partial charge in [-0.15, -0.1) is 6.58 Å². The van der Waals surface area contributed by atoms with Crippen LogP contribution >= 0.6 is 11.6 Å². The summed E-state index contributed by atoms with van der Waals surface area (Å²) in [7, 11) is 0. The van der Waals surface area contributed by atoms with E-state index in [0.29, 0.717) is 23.6 Å². The van der Waals surface area contributed by atoms with Gasteiger partial charge in [0.1, 0.15) is 23.3 Å². The van der Waals surface area contributed by atoms with E-state index in [1.165, 1.54) is 22.8 Å². The van der Waals surface area contributed by atoms with Gasteiger partial charge in [0, 0.05) is 36.3 Å². The maximum absolute atomic E-state index is 17.2. The number of carbonyl (C=O) groups excluding carboxylic acids is 1. The topological polar surface area (TPSA) is 99.9 Å². The third-order valence-corrected chi connectivity index (χ3v) is 9.01. The van der Waals surface area contributed by atoms with Gasteiger partial charge in [0.2, 0.25) is 5.91 Å². The van der Waals surface area contributed by atoms with Crippen molar-refractivity contribution in [3.05, 3.63) is 87.5 Å². The van der Waals surface area contributed by atoms with Crippen LogP contribution in [0.3, 0.4) is 0 Å². The summed E-state index contributed by atoms with van der Waals surface area (Å²) < 4.78 is 40.3. The number of rotatable bonds is 7. The number of halogens is 3. The van der Waals surface area contributed by atoms with Gasteiger partial charge in [-0.05, 0) is 49.6 Å². The Morgan fingerprint density at radius 2 is 1.96 bits per heavy atom. The van der Waals surface area contributed by atoms with E-state index in [1.807, 2.05) is 25.7 Å². The van der Waals surface area contributed by atoms with Crippen molar-refractivity contribution in [1.29, 1.82) is 0 Å². The molecule has 2 aliphatic heterocycles. The van der Waals surface area contributed by atoms with Crippen LogP contribution in [0.1, 0.15) is 37.9 Å². The van der Waals surface area contributed by atoms with Crippen molar-refractivity contribution in [2.24, 2.45) is 0 Å². The molecule has 9 nitrogen and oxygen atoms in total. The first-order valence-corrected chi connectivity index (χ1v) is 15.4. The maximum atomic E-state index is 17.2. The molecular weight excluding hydrogens is 616 g/mol. The second-order valence-electron chi connectivity index (χ2n) is 12.0. The third-order valence-electron chi connectivity index (χ3n) is 8.69. The number of hydrogen-bond acceptors (Lipinski definition) is 7. The number of benzene rings is 2. The smallest absolute Gasteiger partial charge is 0.281 e. The number of hydrogen-bond donors (Lipinski definition) is 2. The Labute approximate surface area is 269 Å². The first-order valence-electron chi connectivity index (χ1n) is 15.0. The molecule has 1 fully saturated rings. The van der Waals surface area contributed by atoms with Crippen molar-refractivity contribution in [2.75, 3.05) is 36.6 Å². The van der Waals surface area contributed by atoms with Crippen LogP contribution in [0.25, 0.3) is 27.7 Å². The van der Waals surface area contributed by atoms with Gasteiger partial charge in [-0.1, -0.05) is 37.6 Å². The summed E-state index contributed by atoms with van der Waals surface area (Å²) >= 11 is 6.39. The first kappa shape index (κ1) is 31.7. The number of aromatic nitrogens is 2. The van der Waals surface area contributed by atoms with Gasteiger partial charge < -0.3 is 20.1 Å². The second-order valence-corrected chi connectivity index (χ2v) is 12.4. The molecule has 0 radical (unpaired) electrons. The Morgan fingerprint density at radius 1 is 1.20 bits per heavy atom. The molecule has 1 saturated heterocycles. The van der Waals surface area contributed by atoms with Crippen molar-refractivity contribution in [3.8, 4) is 22.6 Å². The second kappa shape index (κ2) is 12.1. The zero-order valence-corrected chi connectivity index (χ0v) is 26.7. The number of aromatic hydroxyl groups is 1. The molecule has 2 aromatic carbocycles. The summed E-state index contributed by atoms with van der Waals surface area (Å²) in [6.07, 6.45) is 3.24. The predicted octanol–water partition coefficient (Wildman–Crippen LogP) is 6.11. The molecule has 0 bridgehead atoms. The lowest BCUT2D eigenvalue weighted by molar-refractivity contribution is -0.119. The number of aryl methyl sites for hydroxylation is 1. The van der Waals surface area contributed by atoms with Crippen molar-refractivity contribution in [1.82, 2.24) is 14.5 Å². The standard InChI is InChI=1S/C34H34ClF2N5O4/c1-6-12-46-16-40-15-23-33(44)39-29-32(41(23)14-19(40)5)20-13-22(36)26(25-21(35)8-7-9-24(25)43)27(37)31(20)42(34(29)45)30-18(4)10-11-38-28(30)17(2)3/h6-11,13,17,19,23,43H,1,12,14-16H2,2-5H3,(H,39,44). The van der Waals surface area contributed by atoms with E-state index in [4.69, 9.17) is 16.3 Å². The molecule has 2 unspecified atom stereocenters. The molecule has 12 heteroatoms. The quantitative estimate of drug-likeness (QED) is 0.184. The largest absolute Gasteiger partial charge is 0.507 e. The lowest BCUT2D eigenvalue weighted by atomic mass is 9.95. The predicted molar refractivity (Wildman–Crippen MR) is 175 cm³/mol. The zero-order valence-electron chi connectivity index (χ0n) is 25.9. The van der Waals surface area contributed by atoms with Crippen LogP contribution in [-0.4, -0.2) is 64.0 Å². The average molecular weight is 650 g/mol. The monoisotopic (exact) mass is 649 g/mol. The Balaban J connectivity index is 1.70. The van der Waals surface area contributed by atoms with Crippen LogP contribution in [0.2, 0.25) is 5.02 Å². The van der Waals surface area contributed by atoms with Gasteiger partial charge in [-0.3, -0.25) is 24.0 Å². The van der Waals surface area contributed by atoms with Crippen molar-refractivity contribution in [3.63, 3.8) is 0 Å². The van der Waals surface area contributed by atoms with Crippen LogP contribution in [-0.2, 0) is 9.53 Å². The van der Waals surface area contributed by atoms with Crippen LogP contribution in [0.15, 0.2) is 54.0 Å². The molecule has 2 aromatic heterocycles. The number of nitrogens with zero attached hydrogens (tertiary/aromatic N) is 4. The molecule has 0 saturated carbocycles. The van der Waals surface area contributed by atoms with E-state index in [9.17, 15) is 14.7 Å². The number of carbonyl (C=O) groups is 1. The van der Waals surface area contributed by atoms with Crippen LogP contribution in [0.4, 0.5) is 20.2 Å². The number of amides is 1. The minimum Gasteiger partial charge on any atom is -0.507 e. The first-order chi connectivity index (χ1) is 22.0. The van der Waals surface area contributed by atoms with Crippen LogP contribution in [0, 0.1) is 18.6 Å². The summed E-state index contributed by atoms with van der Waals surface area (Å²) in [5.74, 6) is -3.10. The molecule has 6 rings (SSSR count). The lowest BCUT2D eigenvalue weighted by Gasteiger charge is -2.48. The van der Waals surface area contributed by atoms with Gasteiger partial charge in [0.05, 0.1) is 46.5 Å². The number of fused-ring (bicyclic) bond motifs is 5. The fraction of sp³-hybridized carbons (Fsp3) is 0.324. The molecule has 4 aromatic rings. The van der Waals surface area contributed by atoms with Gasteiger partial charge in [0.15, 0.2) is 5.82 Å². The number of phenols is 1. The van der Waals surface area contributed by atoms with Crippen molar-refractivity contribution >= 4 is 39.8 Å². The number of phenolic OH excluding ortho intramolecular Hbond substituents is 1. The number of anilines is 2. The molecule has 2 atom stereocenters. The Hall–Kier alpha value is -4.32. The molecule has 240 valence electrons. The summed E-state index contributed by atoms with van der Waals surface area (Å²) in [5, 5.41) is 13.5. The van der Waals surface area contributed by atoms with Gasteiger partial charge in [-0.25, -0.2) is 8.78 Å². The molecule has 4 heterocycles. The highest BCUT2D eigenvalue weighted by Gasteiger charge is 2.43. The molecule has 0 aliphatic carbocycles. The molecule has 2 N–H and O–H groups in total. The minimum absolute atomic E-state index is 0.0691. The van der Waals surface area contributed by atoms with Gasteiger partial charge >= 0.3 is 0 Å². The molecule has 46 heavy (non-hydrogen) atoms. The van der Waals surface area contributed by atoms with E-state index in [2.05, 4.69) is 16.9 Å². The van der Waals surface area contributed by atoms with Crippen molar-refractivity contribution in [2.45, 2.75) is 45.7 Å². The highest BCUT2D eigenvalue weighted by Crippen LogP contribution is 2.46.